The van der Waals surface area contributed by atoms with Crippen LogP contribution in [0.25, 0.3) is 0 Å². The summed E-state index contributed by atoms with van der Waals surface area (Å²) in [6, 6.07) is 36.6. The molecule has 33 heavy (non-hydrogen) atoms. The van der Waals surface area contributed by atoms with Gasteiger partial charge in [-0.15, -0.1) is 0 Å². The minimum absolute atomic E-state index is 0.0381. The van der Waals surface area contributed by atoms with Crippen LogP contribution in [0.1, 0.15) is 29.0 Å². The molecule has 164 valence electrons. The molecule has 0 saturated heterocycles. The summed E-state index contributed by atoms with van der Waals surface area (Å²) in [6.45, 7) is 0. The molecule has 0 atom stereocenters. The molecule has 0 aliphatic rings. The van der Waals surface area contributed by atoms with Gasteiger partial charge in [0.15, 0.2) is 0 Å². The maximum absolute atomic E-state index is 13.2. The van der Waals surface area contributed by atoms with E-state index >= 15 is 0 Å². The average molecular weight is 435 g/mol. The van der Waals surface area contributed by atoms with Gasteiger partial charge in [-0.05, 0) is 47.4 Å². The van der Waals surface area contributed by atoms with Crippen molar-refractivity contribution >= 4 is 23.2 Å². The molecule has 0 fully saturated rings. The van der Waals surface area contributed by atoms with E-state index in [1.165, 1.54) is 0 Å². The highest BCUT2D eigenvalue weighted by Crippen LogP contribution is 2.26. The van der Waals surface area contributed by atoms with E-state index in [0.29, 0.717) is 24.2 Å². The molecule has 4 aromatic rings. The largest absolute Gasteiger partial charge is 0.326 e. The lowest BCUT2D eigenvalue weighted by atomic mass is 9.90. The molecule has 0 unspecified atom stereocenters. The Balaban J connectivity index is 1.39. The Morgan fingerprint density at radius 3 is 1.55 bits per heavy atom. The number of hydrogen-bond acceptors (Lipinski definition) is 2. The van der Waals surface area contributed by atoms with Crippen LogP contribution in [0.5, 0.6) is 0 Å². The van der Waals surface area contributed by atoms with E-state index in [1.54, 1.807) is 24.3 Å². The maximum atomic E-state index is 13.2. The Hall–Kier alpha value is -4.18. The fraction of sp³-hybridized carbons (Fsp3) is 0.103. The van der Waals surface area contributed by atoms with E-state index in [9.17, 15) is 9.59 Å². The molecule has 0 heterocycles. The summed E-state index contributed by atoms with van der Waals surface area (Å²) in [5.74, 6) is -0.555. The number of nitrogens with one attached hydrogen (secondary N) is 2. The second-order valence-electron chi connectivity index (χ2n) is 7.85. The van der Waals surface area contributed by atoms with Gasteiger partial charge in [-0.25, -0.2) is 0 Å². The predicted molar refractivity (Wildman–Crippen MR) is 133 cm³/mol. The highest BCUT2D eigenvalue weighted by atomic mass is 16.2. The molecule has 4 rings (SSSR count). The third-order valence-electron chi connectivity index (χ3n) is 5.45. The summed E-state index contributed by atoms with van der Waals surface area (Å²) < 4.78 is 0. The van der Waals surface area contributed by atoms with Crippen molar-refractivity contribution < 1.29 is 9.59 Å². The van der Waals surface area contributed by atoms with Gasteiger partial charge in [0.25, 0.3) is 0 Å². The van der Waals surface area contributed by atoms with Crippen LogP contribution in [-0.2, 0) is 16.0 Å². The first kappa shape index (κ1) is 22.0. The summed E-state index contributed by atoms with van der Waals surface area (Å²) in [6.07, 6.45) is 1.11. The molecular formula is C29H26N2O2. The Morgan fingerprint density at radius 1 is 0.576 bits per heavy atom. The van der Waals surface area contributed by atoms with E-state index in [1.807, 2.05) is 91.0 Å². The first-order valence-corrected chi connectivity index (χ1v) is 11.0. The van der Waals surface area contributed by atoms with Crippen LogP contribution in [0.2, 0.25) is 0 Å². The van der Waals surface area contributed by atoms with E-state index in [0.717, 1.165) is 16.7 Å². The zero-order chi connectivity index (χ0) is 22.9. The lowest BCUT2D eigenvalue weighted by molar-refractivity contribution is -0.117. The van der Waals surface area contributed by atoms with Gasteiger partial charge >= 0.3 is 0 Å². The Kier molecular flexibility index (Phi) is 7.29. The van der Waals surface area contributed by atoms with Gasteiger partial charge in [0.1, 0.15) is 0 Å². The highest BCUT2D eigenvalue weighted by molar-refractivity contribution is 5.98. The quantitative estimate of drug-likeness (QED) is 0.356. The van der Waals surface area contributed by atoms with E-state index in [2.05, 4.69) is 10.6 Å². The van der Waals surface area contributed by atoms with Crippen LogP contribution < -0.4 is 10.6 Å². The summed E-state index contributed by atoms with van der Waals surface area (Å²) in [5, 5.41) is 5.93. The SMILES string of the molecule is O=C(CCc1ccccc1)Nc1ccc(NC(=O)C(c2ccccc2)c2ccccc2)cc1. The number of benzene rings is 4. The summed E-state index contributed by atoms with van der Waals surface area (Å²) in [4.78, 5) is 25.5. The second kappa shape index (κ2) is 10.9. The third-order valence-corrected chi connectivity index (χ3v) is 5.45. The average Bonchev–Trinajstić information content (AvgIpc) is 2.86. The van der Waals surface area contributed by atoms with Crippen molar-refractivity contribution in [2.75, 3.05) is 10.6 Å². The lowest BCUT2D eigenvalue weighted by Crippen LogP contribution is -2.22. The van der Waals surface area contributed by atoms with Crippen LogP contribution >= 0.6 is 0 Å². The molecule has 4 heteroatoms. The van der Waals surface area contributed by atoms with Crippen LogP contribution in [0.3, 0.4) is 0 Å². The zero-order valence-electron chi connectivity index (χ0n) is 18.3. The molecule has 0 spiro atoms. The Labute approximate surface area is 194 Å². The van der Waals surface area contributed by atoms with Crippen LogP contribution in [0, 0.1) is 0 Å². The van der Waals surface area contributed by atoms with E-state index in [4.69, 9.17) is 0 Å². The smallest absolute Gasteiger partial charge is 0.236 e. The summed E-state index contributed by atoms with van der Waals surface area (Å²) in [5.41, 5.74) is 4.39. The van der Waals surface area contributed by atoms with E-state index in [-0.39, 0.29) is 11.8 Å². The van der Waals surface area contributed by atoms with Gasteiger partial charge in [0, 0.05) is 17.8 Å². The summed E-state index contributed by atoms with van der Waals surface area (Å²) in [7, 11) is 0. The van der Waals surface area contributed by atoms with Crippen molar-refractivity contribution in [1.29, 1.82) is 0 Å². The minimum atomic E-state index is -0.412. The van der Waals surface area contributed by atoms with Gasteiger partial charge in [-0.2, -0.15) is 0 Å². The van der Waals surface area contributed by atoms with Gasteiger partial charge in [-0.1, -0.05) is 91.0 Å². The molecule has 4 aromatic carbocycles. The van der Waals surface area contributed by atoms with E-state index < -0.39 is 5.92 Å². The second-order valence-corrected chi connectivity index (χ2v) is 7.85. The molecule has 0 saturated carbocycles. The number of anilines is 2. The molecule has 0 aliphatic carbocycles. The number of carbonyl (C=O) groups is 2. The topological polar surface area (TPSA) is 58.2 Å². The molecule has 2 N–H and O–H groups in total. The van der Waals surface area contributed by atoms with Gasteiger partial charge < -0.3 is 10.6 Å². The maximum Gasteiger partial charge on any atom is 0.236 e. The van der Waals surface area contributed by atoms with Crippen LogP contribution in [0.4, 0.5) is 11.4 Å². The Bertz CT molecular complexity index is 1140. The number of carbonyl (C=O) groups excluding carboxylic acids is 2. The number of rotatable bonds is 8. The predicted octanol–water partition coefficient (Wildman–Crippen LogP) is 6.03. The number of hydrogen-bond donors (Lipinski definition) is 2. The van der Waals surface area contributed by atoms with Crippen molar-refractivity contribution in [1.82, 2.24) is 0 Å². The minimum Gasteiger partial charge on any atom is -0.326 e. The first-order valence-electron chi connectivity index (χ1n) is 11.0. The molecule has 0 aromatic heterocycles. The van der Waals surface area contributed by atoms with Crippen molar-refractivity contribution in [2.24, 2.45) is 0 Å². The highest BCUT2D eigenvalue weighted by Gasteiger charge is 2.22. The van der Waals surface area contributed by atoms with Crippen molar-refractivity contribution in [2.45, 2.75) is 18.8 Å². The lowest BCUT2D eigenvalue weighted by Gasteiger charge is -2.18. The van der Waals surface area contributed by atoms with Gasteiger partial charge in [0.05, 0.1) is 5.92 Å². The third kappa shape index (κ3) is 6.17. The first-order chi connectivity index (χ1) is 16.2. The standard InChI is InChI=1S/C29H26N2O2/c32-27(21-16-22-10-4-1-5-11-22)30-25-17-19-26(20-18-25)31-29(33)28(23-12-6-2-7-13-23)24-14-8-3-9-15-24/h1-15,17-20,28H,16,21H2,(H,30,32)(H,31,33). The zero-order valence-corrected chi connectivity index (χ0v) is 18.3. The monoisotopic (exact) mass is 434 g/mol. The fourth-order valence-electron chi connectivity index (χ4n) is 3.76. The summed E-state index contributed by atoms with van der Waals surface area (Å²) >= 11 is 0. The van der Waals surface area contributed by atoms with Crippen molar-refractivity contribution in [3.63, 3.8) is 0 Å². The van der Waals surface area contributed by atoms with Crippen molar-refractivity contribution in [3.8, 4) is 0 Å². The molecule has 2 amide bonds. The molecule has 0 bridgehead atoms. The Morgan fingerprint density at radius 2 is 1.03 bits per heavy atom. The molecule has 0 radical (unpaired) electrons. The number of aryl methyl sites for hydroxylation is 1. The fourth-order valence-corrected chi connectivity index (χ4v) is 3.76. The molecule has 0 aliphatic heterocycles. The van der Waals surface area contributed by atoms with Crippen LogP contribution in [0.15, 0.2) is 115 Å². The molecular weight excluding hydrogens is 408 g/mol. The molecule has 4 nitrogen and oxygen atoms in total. The number of amides is 2. The normalized spacial score (nSPS) is 10.6. The van der Waals surface area contributed by atoms with Crippen LogP contribution in [-0.4, -0.2) is 11.8 Å². The van der Waals surface area contributed by atoms with Gasteiger partial charge in [0.2, 0.25) is 11.8 Å². The van der Waals surface area contributed by atoms with Crippen molar-refractivity contribution in [3.05, 3.63) is 132 Å². The van der Waals surface area contributed by atoms with Gasteiger partial charge in [-0.3, -0.25) is 9.59 Å².